The van der Waals surface area contributed by atoms with E-state index in [2.05, 4.69) is 29.0 Å². The fraction of sp³-hybridized carbons (Fsp3) is 0.381. The maximum atomic E-state index is 12.9. The number of amides is 1. The molecule has 7 heteroatoms. The summed E-state index contributed by atoms with van der Waals surface area (Å²) in [6.07, 6.45) is 2.91. The Kier molecular flexibility index (Phi) is 6.36. The van der Waals surface area contributed by atoms with Crippen LogP contribution in [0.25, 0.3) is 0 Å². The number of piperidine rings is 1. The third kappa shape index (κ3) is 4.54. The number of hydrogen-bond donors (Lipinski definition) is 1. The van der Waals surface area contributed by atoms with E-state index < -0.39 is 10.0 Å². The van der Waals surface area contributed by atoms with Crippen LogP contribution >= 0.6 is 0 Å². The van der Waals surface area contributed by atoms with Crippen molar-refractivity contribution in [3.63, 3.8) is 0 Å². The fourth-order valence-electron chi connectivity index (χ4n) is 3.60. The van der Waals surface area contributed by atoms with Crippen molar-refractivity contribution in [3.8, 4) is 5.75 Å². The van der Waals surface area contributed by atoms with Crippen molar-refractivity contribution < 1.29 is 17.9 Å². The molecule has 1 aliphatic heterocycles. The molecule has 0 saturated carbocycles. The summed E-state index contributed by atoms with van der Waals surface area (Å²) in [5.74, 6) is 0.628. The van der Waals surface area contributed by atoms with Gasteiger partial charge in [0.25, 0.3) is 5.91 Å². The Morgan fingerprint density at radius 2 is 1.82 bits per heavy atom. The average Bonchev–Trinajstić information content (AvgIpc) is 2.74. The van der Waals surface area contributed by atoms with Gasteiger partial charge in [0.2, 0.25) is 10.0 Å². The number of nitrogens with one attached hydrogen (secondary N) is 1. The van der Waals surface area contributed by atoms with Crippen molar-refractivity contribution in [2.45, 2.75) is 24.2 Å². The highest BCUT2D eigenvalue weighted by molar-refractivity contribution is 7.89. The van der Waals surface area contributed by atoms with Gasteiger partial charge in [0.15, 0.2) is 0 Å². The molecule has 28 heavy (non-hydrogen) atoms. The first kappa shape index (κ1) is 20.4. The molecule has 1 amide bonds. The first-order valence-corrected chi connectivity index (χ1v) is 10.9. The van der Waals surface area contributed by atoms with E-state index in [4.69, 9.17) is 4.74 Å². The summed E-state index contributed by atoms with van der Waals surface area (Å²) in [6, 6.07) is 14.9. The Hall–Kier alpha value is -2.38. The summed E-state index contributed by atoms with van der Waals surface area (Å²) >= 11 is 0. The van der Waals surface area contributed by atoms with Crippen molar-refractivity contribution in [1.82, 2.24) is 9.62 Å². The molecule has 0 aromatic heterocycles. The van der Waals surface area contributed by atoms with E-state index in [1.165, 1.54) is 31.9 Å². The number of benzene rings is 2. The summed E-state index contributed by atoms with van der Waals surface area (Å²) in [6.45, 7) is 1.35. The molecule has 0 radical (unpaired) electrons. The van der Waals surface area contributed by atoms with Crippen molar-refractivity contribution in [2.24, 2.45) is 5.92 Å². The SMILES string of the molecule is CNS(=O)(=O)c1cc(C(=O)N2CCC(Cc3ccccc3)CC2)ccc1OC. The van der Waals surface area contributed by atoms with Gasteiger partial charge in [-0.15, -0.1) is 0 Å². The highest BCUT2D eigenvalue weighted by Gasteiger charge is 2.26. The molecule has 2 aromatic carbocycles. The minimum atomic E-state index is -3.72. The summed E-state index contributed by atoms with van der Waals surface area (Å²) in [5, 5.41) is 0. The van der Waals surface area contributed by atoms with Crippen LogP contribution in [-0.2, 0) is 16.4 Å². The minimum Gasteiger partial charge on any atom is -0.495 e. The Labute approximate surface area is 166 Å². The van der Waals surface area contributed by atoms with Crippen molar-refractivity contribution in [2.75, 3.05) is 27.2 Å². The van der Waals surface area contributed by atoms with Crippen molar-refractivity contribution in [1.29, 1.82) is 0 Å². The zero-order valence-electron chi connectivity index (χ0n) is 16.2. The molecular formula is C21H26N2O4S. The van der Waals surface area contributed by atoms with E-state index in [9.17, 15) is 13.2 Å². The zero-order valence-corrected chi connectivity index (χ0v) is 17.0. The number of nitrogens with zero attached hydrogens (tertiary/aromatic N) is 1. The predicted molar refractivity (Wildman–Crippen MR) is 108 cm³/mol. The van der Waals surface area contributed by atoms with Gasteiger partial charge in [-0.05, 0) is 56.0 Å². The van der Waals surface area contributed by atoms with E-state index in [1.54, 1.807) is 11.0 Å². The molecule has 1 heterocycles. The maximum absolute atomic E-state index is 12.9. The van der Waals surface area contributed by atoms with E-state index in [-0.39, 0.29) is 16.6 Å². The van der Waals surface area contributed by atoms with Crippen LogP contribution in [0.1, 0.15) is 28.8 Å². The van der Waals surface area contributed by atoms with Gasteiger partial charge in [0, 0.05) is 18.7 Å². The first-order chi connectivity index (χ1) is 13.4. The number of ether oxygens (including phenoxy) is 1. The van der Waals surface area contributed by atoms with Gasteiger partial charge in [-0.3, -0.25) is 4.79 Å². The number of likely N-dealkylation sites (tertiary alicyclic amines) is 1. The lowest BCUT2D eigenvalue weighted by atomic mass is 9.90. The van der Waals surface area contributed by atoms with E-state index in [0.717, 1.165) is 19.3 Å². The van der Waals surface area contributed by atoms with Crippen LogP contribution in [0, 0.1) is 5.92 Å². The highest BCUT2D eigenvalue weighted by Crippen LogP contribution is 2.27. The molecule has 1 saturated heterocycles. The van der Waals surface area contributed by atoms with Crippen LogP contribution < -0.4 is 9.46 Å². The maximum Gasteiger partial charge on any atom is 0.253 e. The highest BCUT2D eigenvalue weighted by atomic mass is 32.2. The number of carbonyl (C=O) groups is 1. The lowest BCUT2D eigenvalue weighted by Crippen LogP contribution is -2.39. The molecule has 0 unspecified atom stereocenters. The van der Waals surface area contributed by atoms with Crippen molar-refractivity contribution >= 4 is 15.9 Å². The number of methoxy groups -OCH3 is 1. The Bertz CT molecular complexity index is 921. The third-order valence-electron chi connectivity index (χ3n) is 5.24. The summed E-state index contributed by atoms with van der Waals surface area (Å²) < 4.78 is 31.9. The van der Waals surface area contributed by atoms with Gasteiger partial charge < -0.3 is 9.64 Å². The standard InChI is InChI=1S/C21H26N2O4S/c1-22-28(25,26)20-15-18(8-9-19(20)27-2)21(24)23-12-10-17(11-13-23)14-16-6-4-3-5-7-16/h3-9,15,17,22H,10-14H2,1-2H3. The predicted octanol–water partition coefficient (Wildman–Crippen LogP) is 2.70. The molecule has 0 bridgehead atoms. The van der Waals surface area contributed by atoms with E-state index in [1.807, 2.05) is 6.07 Å². The van der Waals surface area contributed by atoms with Crippen LogP contribution in [0.15, 0.2) is 53.4 Å². The normalized spacial score (nSPS) is 15.4. The molecule has 1 N–H and O–H groups in total. The summed E-state index contributed by atoms with van der Waals surface area (Å²) in [5.41, 5.74) is 1.68. The number of hydrogen-bond acceptors (Lipinski definition) is 4. The first-order valence-electron chi connectivity index (χ1n) is 9.39. The minimum absolute atomic E-state index is 0.0256. The molecule has 0 atom stereocenters. The molecular weight excluding hydrogens is 376 g/mol. The van der Waals surface area contributed by atoms with Crippen LogP contribution in [0.5, 0.6) is 5.75 Å². The number of carbonyl (C=O) groups excluding carboxylic acids is 1. The van der Waals surface area contributed by atoms with Gasteiger partial charge in [-0.1, -0.05) is 30.3 Å². The molecule has 3 rings (SSSR count). The molecule has 0 spiro atoms. The monoisotopic (exact) mass is 402 g/mol. The molecule has 150 valence electrons. The van der Waals surface area contributed by atoms with E-state index in [0.29, 0.717) is 24.6 Å². The smallest absolute Gasteiger partial charge is 0.253 e. The largest absolute Gasteiger partial charge is 0.495 e. The molecule has 2 aromatic rings. The molecule has 1 fully saturated rings. The van der Waals surface area contributed by atoms with Gasteiger partial charge in [0.05, 0.1) is 7.11 Å². The number of rotatable bonds is 6. The summed E-state index contributed by atoms with van der Waals surface area (Å²) in [7, 11) is -0.977. The Morgan fingerprint density at radius 3 is 2.43 bits per heavy atom. The third-order valence-corrected chi connectivity index (χ3v) is 6.67. The Morgan fingerprint density at radius 1 is 1.14 bits per heavy atom. The number of sulfonamides is 1. The van der Waals surface area contributed by atoms with Crippen LogP contribution in [0.3, 0.4) is 0 Å². The zero-order chi connectivity index (χ0) is 20.1. The van der Waals surface area contributed by atoms with Crippen molar-refractivity contribution in [3.05, 3.63) is 59.7 Å². The van der Waals surface area contributed by atoms with Gasteiger partial charge in [-0.25, -0.2) is 13.1 Å². The second-order valence-corrected chi connectivity index (χ2v) is 8.85. The average molecular weight is 403 g/mol. The molecule has 6 nitrogen and oxygen atoms in total. The fourth-order valence-corrected chi connectivity index (χ4v) is 4.52. The quantitative estimate of drug-likeness (QED) is 0.806. The Balaban J connectivity index is 1.69. The van der Waals surface area contributed by atoms with Gasteiger partial charge >= 0.3 is 0 Å². The van der Waals surface area contributed by atoms with Crippen LogP contribution in [0.4, 0.5) is 0 Å². The molecule has 1 aliphatic rings. The summed E-state index contributed by atoms with van der Waals surface area (Å²) in [4.78, 5) is 14.7. The van der Waals surface area contributed by atoms with E-state index >= 15 is 0 Å². The second-order valence-electron chi connectivity index (χ2n) is 7.00. The lowest BCUT2D eigenvalue weighted by molar-refractivity contribution is 0.0690. The van der Waals surface area contributed by atoms with Crippen LogP contribution in [0.2, 0.25) is 0 Å². The molecule has 0 aliphatic carbocycles. The second kappa shape index (κ2) is 8.75. The lowest BCUT2D eigenvalue weighted by Gasteiger charge is -2.32. The van der Waals surface area contributed by atoms with Crippen LogP contribution in [-0.4, -0.2) is 46.5 Å². The van der Waals surface area contributed by atoms with Gasteiger partial charge in [-0.2, -0.15) is 0 Å². The topological polar surface area (TPSA) is 75.7 Å². The van der Waals surface area contributed by atoms with Gasteiger partial charge in [0.1, 0.15) is 10.6 Å².